The van der Waals surface area contributed by atoms with E-state index in [0.29, 0.717) is 6.54 Å². The summed E-state index contributed by atoms with van der Waals surface area (Å²) in [6, 6.07) is 18.6. The van der Waals surface area contributed by atoms with Gasteiger partial charge in [0.15, 0.2) is 0 Å². The van der Waals surface area contributed by atoms with Crippen molar-refractivity contribution in [2.45, 2.75) is 6.54 Å². The second-order valence-electron chi connectivity index (χ2n) is 5.38. The fourth-order valence-electron chi connectivity index (χ4n) is 2.79. The van der Waals surface area contributed by atoms with Crippen molar-refractivity contribution in [3.8, 4) is 0 Å². The average molecular weight is 302 g/mol. The first kappa shape index (κ1) is 13.5. The van der Waals surface area contributed by atoms with E-state index in [9.17, 15) is 9.90 Å². The minimum absolute atomic E-state index is 0.168. The first-order chi connectivity index (χ1) is 11.2. The molecule has 5 heteroatoms. The van der Waals surface area contributed by atoms with Crippen molar-refractivity contribution in [2.75, 3.05) is 5.01 Å². The molecule has 1 heterocycles. The van der Waals surface area contributed by atoms with Crippen LogP contribution in [-0.2, 0) is 6.54 Å². The van der Waals surface area contributed by atoms with Gasteiger partial charge in [-0.2, -0.15) is 0 Å². The molecule has 0 bridgehead atoms. The number of carboxylic acids is 1. The Kier molecular flexibility index (Phi) is 3.05. The minimum Gasteiger partial charge on any atom is -0.545 e. The lowest BCUT2D eigenvalue weighted by atomic mass is 10.1. The second kappa shape index (κ2) is 5.21. The van der Waals surface area contributed by atoms with E-state index in [4.69, 9.17) is 0 Å². The maximum atomic E-state index is 10.8. The molecule has 0 fully saturated rings. The summed E-state index contributed by atoms with van der Waals surface area (Å²) >= 11 is 0. The van der Waals surface area contributed by atoms with E-state index in [1.165, 1.54) is 0 Å². The van der Waals surface area contributed by atoms with E-state index in [1.807, 2.05) is 29.3 Å². The molecule has 112 valence electrons. The van der Waals surface area contributed by atoms with Crippen molar-refractivity contribution in [3.63, 3.8) is 0 Å². The fourth-order valence-corrected chi connectivity index (χ4v) is 2.79. The number of carbonyl (C=O) groups is 1. The van der Waals surface area contributed by atoms with Crippen molar-refractivity contribution >= 4 is 28.1 Å². The molecule has 23 heavy (non-hydrogen) atoms. The highest BCUT2D eigenvalue weighted by Crippen LogP contribution is 2.39. The average Bonchev–Trinajstić information content (AvgIpc) is 2.58. The van der Waals surface area contributed by atoms with Crippen LogP contribution in [0.4, 0.5) is 11.4 Å². The first-order valence-electron chi connectivity index (χ1n) is 7.23. The number of carbonyl (C=O) groups excluding carboxylic acids is 1. The molecular weight excluding hydrogens is 290 g/mol. The van der Waals surface area contributed by atoms with Crippen molar-refractivity contribution in [2.24, 2.45) is 10.3 Å². The van der Waals surface area contributed by atoms with E-state index >= 15 is 0 Å². The van der Waals surface area contributed by atoms with E-state index in [-0.39, 0.29) is 5.56 Å². The normalized spacial score (nSPS) is 12.6. The van der Waals surface area contributed by atoms with E-state index in [1.54, 1.807) is 24.3 Å². The highest BCUT2D eigenvalue weighted by atomic mass is 16.4. The number of hydrogen-bond donors (Lipinski definition) is 0. The lowest BCUT2D eigenvalue weighted by molar-refractivity contribution is -0.255. The molecule has 0 spiro atoms. The Balaban J connectivity index is 1.70. The predicted molar refractivity (Wildman–Crippen MR) is 85.4 cm³/mol. The quantitative estimate of drug-likeness (QED) is 0.746. The zero-order chi connectivity index (χ0) is 15.8. The van der Waals surface area contributed by atoms with Crippen molar-refractivity contribution < 1.29 is 9.90 Å². The molecule has 1 aliphatic heterocycles. The minimum atomic E-state index is -1.17. The monoisotopic (exact) mass is 302 g/mol. The Morgan fingerprint density at radius 2 is 1.74 bits per heavy atom. The van der Waals surface area contributed by atoms with Crippen LogP contribution >= 0.6 is 0 Å². The van der Waals surface area contributed by atoms with Crippen LogP contribution in [0.3, 0.4) is 0 Å². The molecule has 0 unspecified atom stereocenters. The fraction of sp³-hybridized carbons (Fsp3) is 0.0556. The Morgan fingerprint density at radius 3 is 2.48 bits per heavy atom. The van der Waals surface area contributed by atoms with Gasteiger partial charge in [0.25, 0.3) is 0 Å². The Bertz CT molecular complexity index is 927. The molecular formula is C18H12N3O2-. The number of benzene rings is 3. The maximum absolute atomic E-state index is 10.8. The van der Waals surface area contributed by atoms with Gasteiger partial charge in [0, 0.05) is 5.39 Å². The van der Waals surface area contributed by atoms with E-state index in [2.05, 4.69) is 22.5 Å². The SMILES string of the molecule is O=C([O-])c1ccc(CN2N=Nc3cccc4cccc2c34)cc1. The topological polar surface area (TPSA) is 68.1 Å². The molecule has 0 N–H and O–H groups in total. The van der Waals surface area contributed by atoms with Crippen LogP contribution in [0.1, 0.15) is 15.9 Å². The van der Waals surface area contributed by atoms with E-state index in [0.717, 1.165) is 27.7 Å². The molecule has 3 aromatic rings. The summed E-state index contributed by atoms with van der Waals surface area (Å²) in [6.07, 6.45) is 0. The molecule has 0 saturated heterocycles. The Hall–Kier alpha value is -3.21. The third-order valence-electron chi connectivity index (χ3n) is 3.92. The van der Waals surface area contributed by atoms with E-state index < -0.39 is 5.97 Å². The lowest BCUT2D eigenvalue weighted by Gasteiger charge is -2.23. The Morgan fingerprint density at radius 1 is 1.00 bits per heavy atom. The van der Waals surface area contributed by atoms with Crippen LogP contribution in [0.5, 0.6) is 0 Å². The summed E-state index contributed by atoms with van der Waals surface area (Å²) in [5.74, 6) is -1.17. The van der Waals surface area contributed by atoms with Gasteiger partial charge in [-0.3, -0.25) is 0 Å². The summed E-state index contributed by atoms with van der Waals surface area (Å²) in [6.45, 7) is 0.518. The van der Waals surface area contributed by atoms with Gasteiger partial charge in [0.05, 0.1) is 23.9 Å². The summed E-state index contributed by atoms with van der Waals surface area (Å²) in [7, 11) is 0. The number of anilines is 1. The van der Waals surface area contributed by atoms with Gasteiger partial charge in [-0.05, 0) is 28.6 Å². The largest absolute Gasteiger partial charge is 0.545 e. The molecule has 4 rings (SSSR count). The van der Waals surface area contributed by atoms with Gasteiger partial charge in [0.2, 0.25) is 0 Å². The second-order valence-corrected chi connectivity index (χ2v) is 5.38. The molecule has 5 nitrogen and oxygen atoms in total. The molecule has 0 saturated carbocycles. The highest BCUT2D eigenvalue weighted by molar-refractivity contribution is 6.02. The maximum Gasteiger partial charge on any atom is 0.0974 e. The van der Waals surface area contributed by atoms with Gasteiger partial charge in [-0.25, -0.2) is 5.01 Å². The number of carboxylic acid groups (broad SMARTS) is 1. The van der Waals surface area contributed by atoms with Gasteiger partial charge in [-0.1, -0.05) is 53.8 Å². The predicted octanol–water partition coefficient (Wildman–Crippen LogP) is 3.22. The molecule has 0 atom stereocenters. The van der Waals surface area contributed by atoms with Crippen molar-refractivity contribution in [1.29, 1.82) is 0 Å². The number of hydrogen-bond acceptors (Lipinski definition) is 5. The van der Waals surface area contributed by atoms with Crippen LogP contribution < -0.4 is 10.1 Å². The standard InChI is InChI=1S/C18H13N3O2/c22-18(23)14-9-7-12(8-10-14)11-21-16-6-2-4-13-3-1-5-15(17(13)16)19-20-21/h1-10H,11H2,(H,22,23)/p-1. The third-order valence-corrected chi connectivity index (χ3v) is 3.92. The van der Waals surface area contributed by atoms with Gasteiger partial charge in [-0.15, -0.1) is 5.11 Å². The van der Waals surface area contributed by atoms with Crippen molar-refractivity contribution in [1.82, 2.24) is 0 Å². The van der Waals surface area contributed by atoms with Crippen LogP contribution in [0.25, 0.3) is 10.8 Å². The summed E-state index contributed by atoms with van der Waals surface area (Å²) in [5.41, 5.74) is 2.98. The smallest absolute Gasteiger partial charge is 0.0974 e. The molecule has 0 radical (unpaired) electrons. The summed E-state index contributed by atoms with van der Waals surface area (Å²) < 4.78 is 0. The molecule has 0 aliphatic carbocycles. The van der Waals surface area contributed by atoms with Gasteiger partial charge < -0.3 is 9.90 Å². The number of rotatable bonds is 3. The number of aromatic carboxylic acids is 1. The van der Waals surface area contributed by atoms with Crippen LogP contribution in [0, 0.1) is 0 Å². The summed E-state index contributed by atoms with van der Waals surface area (Å²) in [5, 5.41) is 23.4. The third kappa shape index (κ3) is 2.32. The van der Waals surface area contributed by atoms with Crippen LogP contribution in [0.15, 0.2) is 71.0 Å². The number of nitrogens with zero attached hydrogens (tertiary/aromatic N) is 3. The molecule has 0 aromatic heterocycles. The first-order valence-corrected chi connectivity index (χ1v) is 7.23. The highest BCUT2D eigenvalue weighted by Gasteiger charge is 2.17. The zero-order valence-electron chi connectivity index (χ0n) is 12.1. The van der Waals surface area contributed by atoms with Gasteiger partial charge >= 0.3 is 0 Å². The molecule has 0 amide bonds. The van der Waals surface area contributed by atoms with Crippen LogP contribution in [0.2, 0.25) is 0 Å². The zero-order valence-corrected chi connectivity index (χ0v) is 12.1. The summed E-state index contributed by atoms with van der Waals surface area (Å²) in [4.78, 5) is 10.8. The lowest BCUT2D eigenvalue weighted by Crippen LogP contribution is -2.22. The molecule has 3 aromatic carbocycles. The van der Waals surface area contributed by atoms with Gasteiger partial charge in [0.1, 0.15) is 0 Å². The van der Waals surface area contributed by atoms with Crippen molar-refractivity contribution in [3.05, 3.63) is 71.8 Å². The van der Waals surface area contributed by atoms with Crippen LogP contribution in [-0.4, -0.2) is 5.97 Å². The Labute approximate surface area is 132 Å². The molecule has 1 aliphatic rings.